The van der Waals surface area contributed by atoms with Crippen LogP contribution in [0.2, 0.25) is 0 Å². The number of hydrogen-bond donors (Lipinski definition) is 1. The molecule has 0 unspecified atom stereocenters. The summed E-state index contributed by atoms with van der Waals surface area (Å²) in [5.74, 6) is 0.967. The van der Waals surface area contributed by atoms with E-state index in [-0.39, 0.29) is 0 Å². The number of nitrogens with one attached hydrogen (secondary N) is 1. The van der Waals surface area contributed by atoms with Gasteiger partial charge in [0.1, 0.15) is 5.82 Å². The molecule has 2 rings (SSSR count). The third-order valence-electron chi connectivity index (χ3n) is 3.46. The van der Waals surface area contributed by atoms with Gasteiger partial charge in [-0.05, 0) is 59.7 Å². The number of aromatic nitrogens is 1. The van der Waals surface area contributed by atoms with Gasteiger partial charge in [-0.1, -0.05) is 0 Å². The molecular weight excluding hydrogens is 280 g/mol. The van der Waals surface area contributed by atoms with E-state index >= 15 is 0 Å². The van der Waals surface area contributed by atoms with Crippen molar-refractivity contribution in [2.75, 3.05) is 25.6 Å². The Morgan fingerprint density at radius 2 is 2.24 bits per heavy atom. The van der Waals surface area contributed by atoms with Gasteiger partial charge in [0.05, 0.1) is 5.69 Å². The van der Waals surface area contributed by atoms with E-state index in [1.54, 1.807) is 7.11 Å². The zero-order valence-corrected chi connectivity index (χ0v) is 12.0. The number of nitrogens with zero attached hydrogens (tertiary/aromatic N) is 1. The largest absolute Gasteiger partial charge is 0.385 e. The molecule has 1 heterocycles. The summed E-state index contributed by atoms with van der Waals surface area (Å²) in [6, 6.07) is 4.06. The van der Waals surface area contributed by atoms with E-state index in [1.807, 2.05) is 19.1 Å². The SMILES string of the molecule is COCCC1(CNc2ccc(Br)c(C)n2)CC1. The van der Waals surface area contributed by atoms with Gasteiger partial charge >= 0.3 is 0 Å². The van der Waals surface area contributed by atoms with Crippen molar-refractivity contribution in [2.45, 2.75) is 26.2 Å². The molecule has 0 radical (unpaired) electrons. The summed E-state index contributed by atoms with van der Waals surface area (Å²) in [6.45, 7) is 3.87. The zero-order valence-electron chi connectivity index (χ0n) is 10.4. The normalized spacial score (nSPS) is 16.9. The summed E-state index contributed by atoms with van der Waals surface area (Å²) >= 11 is 3.46. The Kier molecular flexibility index (Phi) is 4.05. The van der Waals surface area contributed by atoms with Crippen LogP contribution in [0.25, 0.3) is 0 Å². The van der Waals surface area contributed by atoms with Crippen LogP contribution in [0.3, 0.4) is 0 Å². The van der Waals surface area contributed by atoms with E-state index < -0.39 is 0 Å². The molecule has 1 aromatic heterocycles. The molecule has 0 spiro atoms. The first-order valence-corrected chi connectivity index (χ1v) is 6.80. The first-order chi connectivity index (χ1) is 8.15. The molecule has 1 fully saturated rings. The highest BCUT2D eigenvalue weighted by Gasteiger charge is 2.41. The Morgan fingerprint density at radius 3 is 2.82 bits per heavy atom. The molecule has 3 nitrogen and oxygen atoms in total. The number of aryl methyl sites for hydroxylation is 1. The van der Waals surface area contributed by atoms with Crippen molar-refractivity contribution in [1.29, 1.82) is 0 Å². The Labute approximate surface area is 111 Å². The molecule has 0 bridgehead atoms. The lowest BCUT2D eigenvalue weighted by Crippen LogP contribution is -2.18. The van der Waals surface area contributed by atoms with Crippen LogP contribution in [0, 0.1) is 12.3 Å². The molecule has 1 saturated carbocycles. The van der Waals surface area contributed by atoms with Crippen molar-refractivity contribution in [3.63, 3.8) is 0 Å². The number of anilines is 1. The summed E-state index contributed by atoms with van der Waals surface area (Å²) in [6.07, 6.45) is 3.75. The Bertz CT molecular complexity index is 391. The van der Waals surface area contributed by atoms with Crippen molar-refractivity contribution >= 4 is 21.7 Å². The van der Waals surface area contributed by atoms with Crippen LogP contribution in [-0.4, -0.2) is 25.2 Å². The first kappa shape index (κ1) is 12.8. The maximum absolute atomic E-state index is 5.15. The maximum atomic E-state index is 5.15. The fourth-order valence-electron chi connectivity index (χ4n) is 1.93. The molecule has 0 aliphatic heterocycles. The van der Waals surface area contributed by atoms with Crippen molar-refractivity contribution < 1.29 is 4.74 Å². The molecular formula is C13H19BrN2O. The Balaban J connectivity index is 1.87. The highest BCUT2D eigenvalue weighted by atomic mass is 79.9. The minimum atomic E-state index is 0.457. The minimum Gasteiger partial charge on any atom is -0.385 e. The van der Waals surface area contributed by atoms with Gasteiger partial charge in [-0.3, -0.25) is 0 Å². The molecule has 1 N–H and O–H groups in total. The van der Waals surface area contributed by atoms with Gasteiger partial charge in [-0.25, -0.2) is 4.98 Å². The van der Waals surface area contributed by atoms with Gasteiger partial charge in [-0.15, -0.1) is 0 Å². The lowest BCUT2D eigenvalue weighted by atomic mass is 10.0. The van der Waals surface area contributed by atoms with E-state index in [0.29, 0.717) is 5.41 Å². The van der Waals surface area contributed by atoms with Crippen molar-refractivity contribution in [2.24, 2.45) is 5.41 Å². The van der Waals surface area contributed by atoms with E-state index in [2.05, 4.69) is 26.2 Å². The highest BCUT2D eigenvalue weighted by Crippen LogP contribution is 2.48. The predicted molar refractivity (Wildman–Crippen MR) is 73.3 cm³/mol. The monoisotopic (exact) mass is 298 g/mol. The molecule has 4 heteroatoms. The average molecular weight is 299 g/mol. The lowest BCUT2D eigenvalue weighted by Gasteiger charge is -2.16. The second kappa shape index (κ2) is 5.36. The van der Waals surface area contributed by atoms with Crippen LogP contribution in [0.15, 0.2) is 16.6 Å². The van der Waals surface area contributed by atoms with Crippen LogP contribution >= 0.6 is 15.9 Å². The average Bonchev–Trinajstić information content (AvgIpc) is 3.09. The molecule has 1 aliphatic carbocycles. The van der Waals surface area contributed by atoms with Crippen LogP contribution in [0.5, 0.6) is 0 Å². The molecule has 94 valence electrons. The fourth-order valence-corrected chi connectivity index (χ4v) is 2.15. The van der Waals surface area contributed by atoms with Crippen molar-refractivity contribution in [3.05, 3.63) is 22.3 Å². The Morgan fingerprint density at radius 1 is 1.47 bits per heavy atom. The smallest absolute Gasteiger partial charge is 0.126 e. The maximum Gasteiger partial charge on any atom is 0.126 e. The predicted octanol–water partition coefficient (Wildman–Crippen LogP) is 3.38. The molecule has 0 aromatic carbocycles. The van der Waals surface area contributed by atoms with E-state index in [9.17, 15) is 0 Å². The summed E-state index contributed by atoms with van der Waals surface area (Å²) in [4.78, 5) is 4.49. The van der Waals surface area contributed by atoms with Crippen LogP contribution in [-0.2, 0) is 4.74 Å². The number of rotatable bonds is 6. The third kappa shape index (κ3) is 3.42. The Hall–Kier alpha value is -0.610. The second-order valence-electron chi connectivity index (χ2n) is 4.86. The summed E-state index contributed by atoms with van der Waals surface area (Å²) in [5.41, 5.74) is 1.48. The minimum absolute atomic E-state index is 0.457. The van der Waals surface area contributed by atoms with E-state index in [4.69, 9.17) is 4.74 Å². The number of halogens is 1. The molecule has 0 amide bonds. The summed E-state index contributed by atoms with van der Waals surface area (Å²) < 4.78 is 6.21. The number of methoxy groups -OCH3 is 1. The van der Waals surface area contributed by atoms with Crippen molar-refractivity contribution in [3.8, 4) is 0 Å². The molecule has 0 saturated heterocycles. The second-order valence-corrected chi connectivity index (χ2v) is 5.71. The molecule has 17 heavy (non-hydrogen) atoms. The molecule has 0 atom stereocenters. The summed E-state index contributed by atoms with van der Waals surface area (Å²) in [7, 11) is 1.77. The third-order valence-corrected chi connectivity index (χ3v) is 4.30. The zero-order chi connectivity index (χ0) is 12.3. The van der Waals surface area contributed by atoms with Gasteiger partial charge in [0, 0.05) is 24.7 Å². The van der Waals surface area contributed by atoms with E-state index in [0.717, 1.165) is 35.6 Å². The fraction of sp³-hybridized carbons (Fsp3) is 0.615. The topological polar surface area (TPSA) is 34.1 Å². The van der Waals surface area contributed by atoms with Gasteiger partial charge in [0.25, 0.3) is 0 Å². The van der Waals surface area contributed by atoms with Gasteiger partial charge < -0.3 is 10.1 Å². The number of ether oxygens (including phenoxy) is 1. The lowest BCUT2D eigenvalue weighted by molar-refractivity contribution is 0.175. The quantitative estimate of drug-likeness (QED) is 0.874. The first-order valence-electron chi connectivity index (χ1n) is 6.01. The van der Waals surface area contributed by atoms with Gasteiger partial charge in [0.2, 0.25) is 0 Å². The van der Waals surface area contributed by atoms with Crippen LogP contribution in [0.4, 0.5) is 5.82 Å². The molecule has 1 aliphatic rings. The van der Waals surface area contributed by atoms with Crippen LogP contribution < -0.4 is 5.32 Å². The molecule has 1 aromatic rings. The van der Waals surface area contributed by atoms with Crippen molar-refractivity contribution in [1.82, 2.24) is 4.98 Å². The van der Waals surface area contributed by atoms with Gasteiger partial charge in [-0.2, -0.15) is 0 Å². The standard InChI is InChI=1S/C13H19BrN2O/c1-10-11(14)3-4-12(16-10)15-9-13(5-6-13)7-8-17-2/h3-4H,5-9H2,1-2H3,(H,15,16). The number of hydrogen-bond acceptors (Lipinski definition) is 3. The van der Waals surface area contributed by atoms with E-state index in [1.165, 1.54) is 12.8 Å². The highest BCUT2D eigenvalue weighted by molar-refractivity contribution is 9.10. The van der Waals surface area contributed by atoms with Gasteiger partial charge in [0.15, 0.2) is 0 Å². The number of pyridine rings is 1. The summed E-state index contributed by atoms with van der Waals surface area (Å²) in [5, 5.41) is 3.44. The van der Waals surface area contributed by atoms with Crippen LogP contribution in [0.1, 0.15) is 25.0 Å².